The Bertz CT molecular complexity index is 496. The first-order valence-corrected chi connectivity index (χ1v) is 7.43. The van der Waals surface area contributed by atoms with E-state index in [9.17, 15) is 10.2 Å². The average Bonchev–Trinajstić information content (AvgIpc) is 2.38. The monoisotopic (exact) mass is 260 g/mol. The average molecular weight is 260 g/mol. The van der Waals surface area contributed by atoms with Crippen LogP contribution in [0.1, 0.15) is 50.7 Å². The van der Waals surface area contributed by atoms with Crippen LogP contribution in [0.4, 0.5) is 0 Å². The molecule has 1 saturated carbocycles. The fraction of sp³-hybridized carbons (Fsp3) is 0.647. The standard InChI is InChI=1S/C17H24O2/c1-16(11-18)8-3-9-17(2)14-6-5-13(19)10-12(14)4-7-15(16)17/h5-6,10,15,18-19H,3-4,7-9,11H2,1-2H3. The van der Waals surface area contributed by atoms with E-state index < -0.39 is 0 Å². The van der Waals surface area contributed by atoms with Crippen molar-refractivity contribution in [3.8, 4) is 5.75 Å². The number of benzene rings is 1. The minimum Gasteiger partial charge on any atom is -0.508 e. The van der Waals surface area contributed by atoms with Crippen molar-refractivity contribution in [2.45, 2.75) is 51.4 Å². The number of aryl methyl sites for hydroxylation is 1. The largest absolute Gasteiger partial charge is 0.508 e. The summed E-state index contributed by atoms with van der Waals surface area (Å²) in [5, 5.41) is 19.5. The molecule has 19 heavy (non-hydrogen) atoms. The van der Waals surface area contributed by atoms with Crippen molar-refractivity contribution in [1.29, 1.82) is 0 Å². The Morgan fingerprint density at radius 1 is 1.26 bits per heavy atom. The molecule has 1 fully saturated rings. The van der Waals surface area contributed by atoms with Crippen molar-refractivity contribution in [2.24, 2.45) is 11.3 Å². The number of aromatic hydroxyl groups is 1. The van der Waals surface area contributed by atoms with E-state index >= 15 is 0 Å². The quantitative estimate of drug-likeness (QED) is 0.812. The minimum atomic E-state index is 0.0581. The van der Waals surface area contributed by atoms with Crippen molar-refractivity contribution in [1.82, 2.24) is 0 Å². The maximum atomic E-state index is 9.86. The third-order valence-corrected chi connectivity index (χ3v) is 5.82. The number of aliphatic hydroxyl groups excluding tert-OH is 1. The summed E-state index contributed by atoms with van der Waals surface area (Å²) in [5.41, 5.74) is 2.93. The molecular formula is C17H24O2. The molecule has 1 aromatic carbocycles. The van der Waals surface area contributed by atoms with Crippen molar-refractivity contribution in [3.63, 3.8) is 0 Å². The van der Waals surface area contributed by atoms with Crippen LogP contribution in [0.15, 0.2) is 18.2 Å². The van der Waals surface area contributed by atoms with Gasteiger partial charge in [-0.15, -0.1) is 0 Å². The van der Waals surface area contributed by atoms with Gasteiger partial charge in [0.05, 0.1) is 0 Å². The zero-order valence-corrected chi connectivity index (χ0v) is 11.9. The topological polar surface area (TPSA) is 40.5 Å². The summed E-state index contributed by atoms with van der Waals surface area (Å²) in [6.07, 6.45) is 5.68. The second kappa shape index (κ2) is 4.24. The predicted molar refractivity (Wildman–Crippen MR) is 76.3 cm³/mol. The molecule has 3 unspecified atom stereocenters. The highest BCUT2D eigenvalue weighted by Gasteiger charge is 2.51. The second-order valence-corrected chi connectivity index (χ2v) is 7.02. The number of aliphatic hydroxyl groups is 1. The van der Waals surface area contributed by atoms with E-state index in [2.05, 4.69) is 19.9 Å². The van der Waals surface area contributed by atoms with E-state index in [4.69, 9.17) is 0 Å². The molecule has 2 aliphatic rings. The SMILES string of the molecule is CC1(CO)CCCC2(C)c3ccc(O)cc3CCC12. The molecule has 0 aliphatic heterocycles. The van der Waals surface area contributed by atoms with Crippen molar-refractivity contribution >= 4 is 0 Å². The number of phenols is 1. The van der Waals surface area contributed by atoms with Crippen LogP contribution in [-0.2, 0) is 11.8 Å². The molecule has 1 aromatic rings. The first-order valence-electron chi connectivity index (χ1n) is 7.43. The molecule has 2 heteroatoms. The van der Waals surface area contributed by atoms with Crippen LogP contribution in [0.2, 0.25) is 0 Å². The third-order valence-electron chi connectivity index (χ3n) is 5.82. The highest BCUT2D eigenvalue weighted by molar-refractivity contribution is 5.42. The summed E-state index contributed by atoms with van der Waals surface area (Å²) in [7, 11) is 0. The Morgan fingerprint density at radius 3 is 2.79 bits per heavy atom. The highest BCUT2D eigenvalue weighted by Crippen LogP contribution is 2.57. The summed E-state index contributed by atoms with van der Waals surface area (Å²) in [5.74, 6) is 0.928. The molecule has 0 saturated heterocycles. The lowest BCUT2D eigenvalue weighted by molar-refractivity contribution is -0.0179. The zero-order valence-electron chi connectivity index (χ0n) is 11.9. The maximum Gasteiger partial charge on any atom is 0.115 e. The van der Waals surface area contributed by atoms with Gasteiger partial charge in [-0.3, -0.25) is 0 Å². The van der Waals surface area contributed by atoms with Crippen LogP contribution in [-0.4, -0.2) is 16.8 Å². The van der Waals surface area contributed by atoms with Crippen LogP contribution in [0.25, 0.3) is 0 Å². The second-order valence-electron chi connectivity index (χ2n) is 7.02. The number of rotatable bonds is 1. The van der Waals surface area contributed by atoms with Gasteiger partial charge < -0.3 is 10.2 Å². The van der Waals surface area contributed by atoms with Crippen molar-refractivity contribution in [3.05, 3.63) is 29.3 Å². The van der Waals surface area contributed by atoms with Gasteiger partial charge >= 0.3 is 0 Å². The molecule has 0 aromatic heterocycles. The predicted octanol–water partition coefficient (Wildman–Crippen LogP) is 3.39. The van der Waals surface area contributed by atoms with E-state index in [1.807, 2.05) is 12.1 Å². The molecule has 0 spiro atoms. The van der Waals surface area contributed by atoms with Crippen LogP contribution in [0.3, 0.4) is 0 Å². The molecule has 104 valence electrons. The van der Waals surface area contributed by atoms with Gasteiger partial charge in [0.2, 0.25) is 0 Å². The Hall–Kier alpha value is -1.02. The van der Waals surface area contributed by atoms with E-state index in [0.717, 1.165) is 19.3 Å². The van der Waals surface area contributed by atoms with Crippen molar-refractivity contribution < 1.29 is 10.2 Å². The summed E-state index contributed by atoms with van der Waals surface area (Å²) >= 11 is 0. The molecule has 0 heterocycles. The molecule has 2 aliphatic carbocycles. The van der Waals surface area contributed by atoms with Gasteiger partial charge in [0.15, 0.2) is 0 Å². The highest BCUT2D eigenvalue weighted by atomic mass is 16.3. The molecule has 3 atom stereocenters. The zero-order chi connectivity index (χ0) is 13.7. The lowest BCUT2D eigenvalue weighted by atomic mass is 9.50. The van der Waals surface area contributed by atoms with Crippen molar-refractivity contribution in [2.75, 3.05) is 6.61 Å². The van der Waals surface area contributed by atoms with E-state index in [-0.39, 0.29) is 10.8 Å². The number of fused-ring (bicyclic) bond motifs is 3. The molecule has 3 rings (SSSR count). The van der Waals surface area contributed by atoms with Gasteiger partial charge in [-0.05, 0) is 65.7 Å². The number of phenolic OH excluding ortho intramolecular Hbond substituents is 1. The van der Waals surface area contributed by atoms with Crippen LogP contribution in [0, 0.1) is 11.3 Å². The first kappa shape index (κ1) is 13.0. The molecule has 2 nitrogen and oxygen atoms in total. The van der Waals surface area contributed by atoms with Crippen LogP contribution >= 0.6 is 0 Å². The molecule has 0 amide bonds. The third kappa shape index (κ3) is 1.80. The Kier molecular flexibility index (Phi) is 2.90. The van der Waals surface area contributed by atoms with Gasteiger partial charge in [0.25, 0.3) is 0 Å². The molecule has 2 N–H and O–H groups in total. The van der Waals surface area contributed by atoms with Gasteiger partial charge in [0, 0.05) is 6.61 Å². The minimum absolute atomic E-state index is 0.0581. The number of hydrogen-bond donors (Lipinski definition) is 2. The summed E-state index contributed by atoms with van der Waals surface area (Å²) in [4.78, 5) is 0. The fourth-order valence-electron chi connectivity index (χ4n) is 4.80. The van der Waals surface area contributed by atoms with Crippen LogP contribution < -0.4 is 0 Å². The Balaban J connectivity index is 2.09. The first-order chi connectivity index (χ1) is 8.99. The summed E-state index contributed by atoms with van der Waals surface area (Å²) in [6.45, 7) is 4.90. The van der Waals surface area contributed by atoms with Gasteiger partial charge in [-0.1, -0.05) is 26.3 Å². The lowest BCUT2D eigenvalue weighted by Gasteiger charge is -2.55. The number of hydrogen-bond acceptors (Lipinski definition) is 2. The van der Waals surface area contributed by atoms with Gasteiger partial charge in [-0.25, -0.2) is 0 Å². The lowest BCUT2D eigenvalue weighted by Crippen LogP contribution is -2.50. The summed E-state index contributed by atoms with van der Waals surface area (Å²) in [6, 6.07) is 5.86. The van der Waals surface area contributed by atoms with E-state index in [1.54, 1.807) is 0 Å². The molecule has 0 radical (unpaired) electrons. The fourth-order valence-corrected chi connectivity index (χ4v) is 4.80. The Labute approximate surface area is 115 Å². The Morgan fingerprint density at radius 2 is 2.05 bits per heavy atom. The molecular weight excluding hydrogens is 236 g/mol. The van der Waals surface area contributed by atoms with E-state index in [0.29, 0.717) is 18.3 Å². The van der Waals surface area contributed by atoms with Gasteiger partial charge in [0.1, 0.15) is 5.75 Å². The van der Waals surface area contributed by atoms with Crippen LogP contribution in [0.5, 0.6) is 5.75 Å². The van der Waals surface area contributed by atoms with E-state index in [1.165, 1.54) is 24.0 Å². The summed E-state index contributed by atoms with van der Waals surface area (Å²) < 4.78 is 0. The normalized spacial score (nSPS) is 37.5. The molecule has 0 bridgehead atoms. The van der Waals surface area contributed by atoms with Gasteiger partial charge in [-0.2, -0.15) is 0 Å². The maximum absolute atomic E-state index is 9.86. The smallest absolute Gasteiger partial charge is 0.115 e.